The number of nitrogens with zero attached hydrogens (tertiary/aromatic N) is 6. The van der Waals surface area contributed by atoms with Crippen molar-refractivity contribution in [3.05, 3.63) is 53.2 Å². The van der Waals surface area contributed by atoms with Gasteiger partial charge in [0.25, 0.3) is 5.91 Å². The van der Waals surface area contributed by atoms with Gasteiger partial charge in [-0.2, -0.15) is 5.10 Å². The van der Waals surface area contributed by atoms with E-state index in [1.807, 2.05) is 34.7 Å². The third-order valence-corrected chi connectivity index (χ3v) is 8.41. The Morgan fingerprint density at radius 2 is 2.05 bits per heavy atom. The number of hydrogen-bond donors (Lipinski definition) is 2. The first-order chi connectivity index (χ1) is 19.4. The average Bonchev–Trinajstić information content (AvgIpc) is 3.60. The predicted octanol–water partition coefficient (Wildman–Crippen LogP) is 3.15. The Hall–Kier alpha value is -3.87. The van der Waals surface area contributed by atoms with Gasteiger partial charge in [-0.25, -0.2) is 20.0 Å². The van der Waals surface area contributed by atoms with Crippen LogP contribution < -0.4 is 16.1 Å². The first-order valence-electron chi connectivity index (χ1n) is 13.4. The van der Waals surface area contributed by atoms with E-state index in [9.17, 15) is 9.59 Å². The smallest absolute Gasteiger partial charge is 0.266 e. The maximum atomic E-state index is 12.9. The van der Waals surface area contributed by atoms with Gasteiger partial charge in [0, 0.05) is 29.9 Å². The topological polar surface area (TPSA) is 131 Å². The van der Waals surface area contributed by atoms with Gasteiger partial charge in [0.1, 0.15) is 11.9 Å². The number of carbonyl (C=O) groups is 2. The fourth-order valence-corrected chi connectivity index (χ4v) is 6.01. The molecular formula is C28H34N8O3S. The highest BCUT2D eigenvalue weighted by Gasteiger charge is 2.38. The molecule has 4 aromatic rings. The molecule has 5 heterocycles. The fraction of sp³-hybridized carbons (Fsp3) is 0.393. The molecule has 1 aliphatic rings. The molecule has 1 aliphatic heterocycles. The molecular weight excluding hydrogens is 528 g/mol. The minimum absolute atomic E-state index is 0.124. The number of nitrogens with two attached hydrogens (primary N) is 1. The van der Waals surface area contributed by atoms with Gasteiger partial charge in [0.15, 0.2) is 5.65 Å². The van der Waals surface area contributed by atoms with Crippen molar-refractivity contribution in [2.75, 3.05) is 31.6 Å². The number of hydrogen-bond acceptors (Lipinski definition) is 9. The number of thiophene rings is 1. The van der Waals surface area contributed by atoms with Crippen molar-refractivity contribution in [2.45, 2.75) is 45.7 Å². The monoisotopic (exact) mass is 562 g/mol. The maximum absolute atomic E-state index is 12.9. The highest BCUT2D eigenvalue weighted by Crippen LogP contribution is 2.36. The van der Waals surface area contributed by atoms with E-state index in [2.05, 4.69) is 36.2 Å². The number of carbonyl (C=O) groups excluding carboxylic acids is 2. The lowest BCUT2D eigenvalue weighted by Gasteiger charge is -2.42. The molecule has 0 spiro atoms. The Labute approximate surface area is 236 Å². The van der Waals surface area contributed by atoms with Crippen LogP contribution in [0.15, 0.2) is 42.0 Å². The summed E-state index contributed by atoms with van der Waals surface area (Å²) in [6.45, 7) is 8.70. The average molecular weight is 563 g/mol. The Morgan fingerprint density at radius 3 is 2.67 bits per heavy atom. The minimum atomic E-state index is -0.547. The zero-order valence-electron chi connectivity index (χ0n) is 23.1. The highest BCUT2D eigenvalue weighted by atomic mass is 32.1. The number of rotatable bonds is 11. The van der Waals surface area contributed by atoms with Crippen molar-refractivity contribution in [1.29, 1.82) is 0 Å². The van der Waals surface area contributed by atoms with Crippen LogP contribution >= 0.6 is 11.3 Å². The molecule has 0 bridgehead atoms. The van der Waals surface area contributed by atoms with Gasteiger partial charge in [-0.15, -0.1) is 11.3 Å². The molecule has 0 radical (unpaired) electrons. The van der Waals surface area contributed by atoms with Crippen LogP contribution in [0.5, 0.6) is 0 Å². The van der Waals surface area contributed by atoms with E-state index in [-0.39, 0.29) is 11.9 Å². The largest absolute Gasteiger partial charge is 0.366 e. The molecule has 1 fully saturated rings. The Balaban J connectivity index is 1.66. The first-order valence-corrected chi connectivity index (χ1v) is 14.3. The molecule has 5 rings (SSSR count). The highest BCUT2D eigenvalue weighted by molar-refractivity contribution is 7.13. The van der Waals surface area contributed by atoms with E-state index in [0.29, 0.717) is 47.7 Å². The van der Waals surface area contributed by atoms with E-state index in [0.717, 1.165) is 29.2 Å². The number of aromatic nitrogens is 4. The zero-order chi connectivity index (χ0) is 28.4. The van der Waals surface area contributed by atoms with Gasteiger partial charge < -0.3 is 15.5 Å². The molecule has 11 nitrogen and oxygen atoms in total. The number of hydroxylamine groups is 1. The lowest BCUT2D eigenvalue weighted by Crippen LogP contribution is -2.57. The zero-order valence-corrected chi connectivity index (χ0v) is 23.9. The van der Waals surface area contributed by atoms with Gasteiger partial charge in [-0.3, -0.25) is 14.4 Å². The Morgan fingerprint density at radius 1 is 1.25 bits per heavy atom. The normalized spacial score (nSPS) is 15.8. The maximum Gasteiger partial charge on any atom is 0.266 e. The van der Waals surface area contributed by atoms with Gasteiger partial charge >= 0.3 is 0 Å². The lowest BCUT2D eigenvalue weighted by molar-refractivity contribution is -0.134. The van der Waals surface area contributed by atoms with Crippen LogP contribution in [0.1, 0.15) is 43.1 Å². The number of pyridine rings is 1. The van der Waals surface area contributed by atoms with Crippen molar-refractivity contribution in [3.63, 3.8) is 0 Å². The van der Waals surface area contributed by atoms with Crippen molar-refractivity contribution < 1.29 is 14.4 Å². The molecule has 3 N–H and O–H groups in total. The van der Waals surface area contributed by atoms with E-state index >= 15 is 0 Å². The number of anilines is 1. The van der Waals surface area contributed by atoms with E-state index < -0.39 is 11.9 Å². The van der Waals surface area contributed by atoms with Crippen molar-refractivity contribution in [2.24, 2.45) is 5.73 Å². The quantitative estimate of drug-likeness (QED) is 0.267. The molecule has 40 heavy (non-hydrogen) atoms. The number of amides is 2. The summed E-state index contributed by atoms with van der Waals surface area (Å²) in [5, 5.41) is 6.49. The number of nitrogens with one attached hydrogen (secondary N) is 1. The lowest BCUT2D eigenvalue weighted by atomic mass is 9.94. The molecule has 0 saturated carbocycles. The van der Waals surface area contributed by atoms with Crippen molar-refractivity contribution >= 4 is 34.6 Å². The summed E-state index contributed by atoms with van der Waals surface area (Å²) in [6, 6.07) is 7.30. The van der Waals surface area contributed by atoms with E-state index in [4.69, 9.17) is 20.5 Å². The van der Waals surface area contributed by atoms with Crippen LogP contribution in [0.25, 0.3) is 27.5 Å². The summed E-state index contributed by atoms with van der Waals surface area (Å²) in [5.74, 6) is -0.238. The van der Waals surface area contributed by atoms with Gasteiger partial charge in [-0.1, -0.05) is 19.9 Å². The third-order valence-electron chi connectivity index (χ3n) is 7.52. The van der Waals surface area contributed by atoms with Crippen LogP contribution in [-0.4, -0.2) is 75.1 Å². The summed E-state index contributed by atoms with van der Waals surface area (Å²) < 4.78 is 1.69. The molecule has 2 amide bonds. The number of likely N-dealkylation sites (N-methyl/N-ethyl adjacent to an activating group) is 1. The summed E-state index contributed by atoms with van der Waals surface area (Å²) in [6.07, 6.45) is 4.74. The minimum Gasteiger partial charge on any atom is -0.366 e. The van der Waals surface area contributed by atoms with Crippen molar-refractivity contribution in [3.8, 4) is 21.8 Å². The summed E-state index contributed by atoms with van der Waals surface area (Å²) in [4.78, 5) is 45.8. The summed E-state index contributed by atoms with van der Waals surface area (Å²) in [7, 11) is 1.41. The van der Waals surface area contributed by atoms with Gasteiger partial charge in [0.05, 0.1) is 35.1 Å². The predicted molar refractivity (Wildman–Crippen MR) is 155 cm³/mol. The van der Waals surface area contributed by atoms with E-state index in [1.54, 1.807) is 28.1 Å². The fourth-order valence-electron chi connectivity index (χ4n) is 5.32. The molecule has 4 aromatic heterocycles. The second kappa shape index (κ2) is 11.7. The van der Waals surface area contributed by atoms with Gasteiger partial charge in [0.2, 0.25) is 5.91 Å². The van der Waals surface area contributed by atoms with Crippen LogP contribution in [0.4, 0.5) is 5.82 Å². The second-order valence-corrected chi connectivity index (χ2v) is 10.7. The van der Waals surface area contributed by atoms with Crippen LogP contribution in [0.3, 0.4) is 0 Å². The summed E-state index contributed by atoms with van der Waals surface area (Å²) >= 11 is 1.60. The molecule has 0 aliphatic carbocycles. The third kappa shape index (κ3) is 5.17. The molecule has 2 atom stereocenters. The van der Waals surface area contributed by atoms with Crippen LogP contribution in [0.2, 0.25) is 0 Å². The van der Waals surface area contributed by atoms with Crippen molar-refractivity contribution in [1.82, 2.24) is 30.0 Å². The van der Waals surface area contributed by atoms with E-state index in [1.165, 1.54) is 7.11 Å². The first kappa shape index (κ1) is 27.7. The Kier molecular flexibility index (Phi) is 8.10. The molecule has 210 valence electrons. The molecule has 0 aromatic carbocycles. The standard InChI is InChI=1S/C28H34N8O3S/c1-5-34(6-2)17(3)14-19-18(25(29)37)15-22(32-26(19)35-11-10-23(35)28(38)33-39-4)20-16-30-36-12-9-21(31-27(20)36)24-8-7-13-40-24/h7-9,12-13,15-17,23H,5-6,10-11,14H2,1-4H3,(H2,29,37)(H,33,38)/t17-,23-/m0/s1. The Bertz CT molecular complexity index is 1520. The SMILES string of the molecule is CCN(CC)[C@@H](C)Cc1c(C(N)=O)cc(-c2cnn3ccc(-c4cccs4)nc23)nc1N1CC[C@H]1C(=O)NOC. The summed E-state index contributed by atoms with van der Waals surface area (Å²) in [5.41, 5.74) is 12.2. The number of primary amides is 1. The number of fused-ring (bicyclic) bond motifs is 1. The molecule has 12 heteroatoms. The molecule has 1 saturated heterocycles. The van der Waals surface area contributed by atoms with Crippen LogP contribution in [0, 0.1) is 0 Å². The van der Waals surface area contributed by atoms with Crippen LogP contribution in [-0.2, 0) is 16.1 Å². The second-order valence-electron chi connectivity index (χ2n) is 9.78. The van der Waals surface area contributed by atoms with Gasteiger partial charge in [-0.05, 0) is 56.4 Å². The molecule has 0 unspecified atom stereocenters.